The van der Waals surface area contributed by atoms with Crippen molar-refractivity contribution in [3.05, 3.63) is 100 Å². The molecule has 1 heterocycles. The minimum Gasteiger partial charge on any atom is -0.487 e. The van der Waals surface area contributed by atoms with Crippen molar-refractivity contribution in [2.75, 3.05) is 6.54 Å². The molecule has 1 atom stereocenters. The first-order chi connectivity index (χ1) is 16.9. The number of nitrogens with zero attached hydrogens (tertiary/aromatic N) is 1. The zero-order valence-electron chi connectivity index (χ0n) is 19.1. The van der Waals surface area contributed by atoms with Crippen LogP contribution >= 0.6 is 11.6 Å². The third-order valence-electron chi connectivity index (χ3n) is 6.55. The highest BCUT2D eigenvalue weighted by atomic mass is 35.5. The molecule has 1 aliphatic heterocycles. The number of carbonyl (C=O) groups is 1. The number of halogens is 3. The van der Waals surface area contributed by atoms with Crippen LogP contribution in [0.4, 0.5) is 8.78 Å². The van der Waals surface area contributed by atoms with Crippen molar-refractivity contribution in [1.29, 1.82) is 0 Å². The number of hydrogen-bond acceptors (Lipinski definition) is 3. The largest absolute Gasteiger partial charge is 0.487 e. The van der Waals surface area contributed by atoms with Crippen LogP contribution in [0.25, 0.3) is 0 Å². The van der Waals surface area contributed by atoms with Crippen LogP contribution < -0.4 is 4.74 Å². The number of hydrogen-bond donors (Lipinski definition) is 0. The molecule has 0 radical (unpaired) electrons. The molecule has 1 unspecified atom stereocenters. The van der Waals surface area contributed by atoms with Gasteiger partial charge in [0.25, 0.3) is 11.8 Å². The van der Waals surface area contributed by atoms with Crippen molar-refractivity contribution in [1.82, 2.24) is 4.90 Å². The van der Waals surface area contributed by atoms with E-state index in [2.05, 4.69) is 0 Å². The molecular weight excluding hydrogens is 472 g/mol. The van der Waals surface area contributed by atoms with Gasteiger partial charge >= 0.3 is 0 Å². The smallest absolute Gasteiger partial charge is 0.256 e. The van der Waals surface area contributed by atoms with Gasteiger partial charge in [0.1, 0.15) is 12.4 Å². The van der Waals surface area contributed by atoms with Gasteiger partial charge in [-0.1, -0.05) is 78.3 Å². The van der Waals surface area contributed by atoms with Crippen molar-refractivity contribution < 1.29 is 23.0 Å². The van der Waals surface area contributed by atoms with Gasteiger partial charge in [0.15, 0.2) is 6.10 Å². The molecule has 1 aliphatic carbocycles. The van der Waals surface area contributed by atoms with Crippen LogP contribution in [0, 0.1) is 0 Å². The molecule has 1 saturated carbocycles. The predicted octanol–water partition coefficient (Wildman–Crippen LogP) is 6.36. The number of carbonyl (C=O) groups excluding carboxylic acids is 1. The van der Waals surface area contributed by atoms with Gasteiger partial charge in [-0.3, -0.25) is 4.79 Å². The summed E-state index contributed by atoms with van der Waals surface area (Å²) in [7, 11) is 0. The Morgan fingerprint density at radius 3 is 2.40 bits per heavy atom. The van der Waals surface area contributed by atoms with Crippen molar-refractivity contribution in [3.8, 4) is 5.75 Å². The average Bonchev–Trinajstić information content (AvgIpc) is 2.86. The molecule has 1 fully saturated rings. The fourth-order valence-corrected chi connectivity index (χ4v) is 4.87. The molecule has 1 amide bonds. The monoisotopic (exact) mass is 497 g/mol. The van der Waals surface area contributed by atoms with E-state index in [4.69, 9.17) is 21.1 Å². The average molecular weight is 498 g/mol. The van der Waals surface area contributed by atoms with Crippen molar-refractivity contribution >= 4 is 17.5 Å². The minimum absolute atomic E-state index is 0.223. The van der Waals surface area contributed by atoms with E-state index in [9.17, 15) is 13.6 Å². The molecule has 35 heavy (non-hydrogen) atoms. The predicted molar refractivity (Wildman–Crippen MR) is 130 cm³/mol. The Kier molecular flexibility index (Phi) is 6.76. The van der Waals surface area contributed by atoms with E-state index in [1.165, 1.54) is 0 Å². The maximum atomic E-state index is 13.6. The summed E-state index contributed by atoms with van der Waals surface area (Å²) in [6, 6.07) is 22.6. The molecule has 0 bridgehead atoms. The van der Waals surface area contributed by atoms with E-state index in [0.29, 0.717) is 42.5 Å². The van der Waals surface area contributed by atoms with Gasteiger partial charge in [-0.2, -0.15) is 0 Å². The first-order valence-electron chi connectivity index (χ1n) is 11.7. The van der Waals surface area contributed by atoms with Crippen LogP contribution in [0.2, 0.25) is 5.02 Å². The Labute approximate surface area is 208 Å². The van der Waals surface area contributed by atoms with Gasteiger partial charge in [-0.05, 0) is 29.2 Å². The van der Waals surface area contributed by atoms with E-state index < -0.39 is 18.1 Å². The highest BCUT2D eigenvalue weighted by Crippen LogP contribution is 2.42. The summed E-state index contributed by atoms with van der Waals surface area (Å²) in [5.74, 6) is -2.29. The molecule has 2 aliphatic rings. The highest BCUT2D eigenvalue weighted by molar-refractivity contribution is 6.32. The van der Waals surface area contributed by atoms with Crippen LogP contribution in [0.5, 0.6) is 5.75 Å². The summed E-state index contributed by atoms with van der Waals surface area (Å²) in [5.41, 5.74) is 3.66. The number of alkyl halides is 2. The Bertz CT molecular complexity index is 1180. The second-order valence-corrected chi connectivity index (χ2v) is 9.52. The van der Waals surface area contributed by atoms with Crippen LogP contribution in [-0.2, 0) is 29.1 Å². The molecule has 7 heteroatoms. The summed E-state index contributed by atoms with van der Waals surface area (Å²) in [4.78, 5) is 15.3. The van der Waals surface area contributed by atoms with E-state index >= 15 is 0 Å². The van der Waals surface area contributed by atoms with E-state index in [1.807, 2.05) is 54.6 Å². The van der Waals surface area contributed by atoms with E-state index in [1.54, 1.807) is 23.1 Å². The van der Waals surface area contributed by atoms with E-state index in [-0.39, 0.29) is 18.7 Å². The first-order valence-corrected chi connectivity index (χ1v) is 12.1. The van der Waals surface area contributed by atoms with Crippen LogP contribution in [0.15, 0.2) is 72.8 Å². The molecule has 0 aromatic heterocycles. The Morgan fingerprint density at radius 2 is 1.71 bits per heavy atom. The summed E-state index contributed by atoms with van der Waals surface area (Å²) >= 11 is 6.47. The third kappa shape index (κ3) is 5.34. The van der Waals surface area contributed by atoms with Crippen LogP contribution in [0.1, 0.15) is 41.2 Å². The summed E-state index contributed by atoms with van der Waals surface area (Å²) in [6.45, 7) is 1.23. The molecular formula is C28H26ClF2NO3. The van der Waals surface area contributed by atoms with Crippen LogP contribution in [0.3, 0.4) is 0 Å². The number of ether oxygens (including phenoxy) is 2. The highest BCUT2D eigenvalue weighted by Gasteiger charge is 2.48. The summed E-state index contributed by atoms with van der Waals surface area (Å²) in [5, 5.41) is 0.538. The molecule has 4 nitrogen and oxygen atoms in total. The maximum Gasteiger partial charge on any atom is 0.256 e. The molecule has 3 aromatic rings. The van der Waals surface area contributed by atoms with Gasteiger partial charge < -0.3 is 14.4 Å². The van der Waals surface area contributed by atoms with Gasteiger partial charge in [0, 0.05) is 31.5 Å². The fourth-order valence-electron chi connectivity index (χ4n) is 4.64. The van der Waals surface area contributed by atoms with Gasteiger partial charge in [-0.25, -0.2) is 8.78 Å². The maximum absolute atomic E-state index is 13.6. The van der Waals surface area contributed by atoms with Crippen molar-refractivity contribution in [3.63, 3.8) is 0 Å². The summed E-state index contributed by atoms with van der Waals surface area (Å²) in [6.07, 6.45) is -1.68. The lowest BCUT2D eigenvalue weighted by atomic mass is 9.90. The summed E-state index contributed by atoms with van der Waals surface area (Å²) < 4.78 is 38.8. The second kappa shape index (κ2) is 9.96. The van der Waals surface area contributed by atoms with Crippen molar-refractivity contribution in [2.24, 2.45) is 0 Å². The van der Waals surface area contributed by atoms with Gasteiger partial charge in [0.2, 0.25) is 0 Å². The number of rotatable bonds is 7. The lowest BCUT2D eigenvalue weighted by Gasteiger charge is -2.38. The van der Waals surface area contributed by atoms with Crippen LogP contribution in [-0.4, -0.2) is 29.4 Å². The SMILES string of the molecule is O=C(C(OC1CC(F)(F)C1)c1ccccc1)N1CCc2c(ccc(Cl)c2OCc2ccccc2)C1. The molecule has 0 saturated heterocycles. The molecule has 3 aromatic carbocycles. The van der Waals surface area contributed by atoms with Gasteiger partial charge in [0.05, 0.1) is 11.1 Å². The zero-order valence-corrected chi connectivity index (χ0v) is 19.9. The molecule has 182 valence electrons. The molecule has 0 N–H and O–H groups in total. The molecule has 0 spiro atoms. The van der Waals surface area contributed by atoms with E-state index in [0.717, 1.165) is 16.7 Å². The second-order valence-electron chi connectivity index (χ2n) is 9.11. The van der Waals surface area contributed by atoms with Crippen molar-refractivity contribution in [2.45, 2.75) is 50.5 Å². The Morgan fingerprint density at radius 1 is 1.03 bits per heavy atom. The normalized spacial score (nSPS) is 17.9. The van der Waals surface area contributed by atoms with Gasteiger partial charge in [-0.15, -0.1) is 0 Å². The number of benzene rings is 3. The lowest BCUT2D eigenvalue weighted by molar-refractivity contribution is -0.192. The number of fused-ring (bicyclic) bond motifs is 1. The Balaban J connectivity index is 1.33. The zero-order chi connectivity index (χ0) is 24.4. The third-order valence-corrected chi connectivity index (χ3v) is 6.85. The lowest BCUT2D eigenvalue weighted by Crippen LogP contribution is -2.45. The standard InChI is InChI=1S/C28H26ClF2NO3/c29-24-12-11-21-17-32(14-13-23(21)26(24)34-18-19-7-3-1-4-8-19)27(33)25(20-9-5-2-6-10-20)35-22-15-28(30,31)16-22/h1-12,22,25H,13-18H2. The number of amides is 1. The first kappa shape index (κ1) is 23.8. The quantitative estimate of drug-likeness (QED) is 0.381. The minimum atomic E-state index is -2.71. The molecule has 5 rings (SSSR count). The topological polar surface area (TPSA) is 38.8 Å². The Hall–Kier alpha value is -2.96. The fraction of sp³-hybridized carbons (Fsp3) is 0.321.